The minimum absolute atomic E-state index is 0.0931. The number of benzene rings is 2. The Labute approximate surface area is 200 Å². The maximum atomic E-state index is 12.8. The molecule has 2 aromatic carbocycles. The molecule has 0 heterocycles. The molecule has 184 valence electrons. The predicted molar refractivity (Wildman–Crippen MR) is 129 cm³/mol. The summed E-state index contributed by atoms with van der Waals surface area (Å²) in [5.41, 5.74) is -0.702. The van der Waals surface area contributed by atoms with Gasteiger partial charge in [0.15, 0.2) is 6.61 Å². The monoisotopic (exact) mass is 470 g/mol. The number of nitrogens with one attached hydrogen (secondary N) is 2. The number of rotatable bonds is 11. The SMILES string of the molecule is CC(C)C[C@H](NC(=O)COc1cccc2ccccc12)C(=O)N[C@H](C=O)CC(=O)OC(C)(C)C. The predicted octanol–water partition coefficient (Wildman–Crippen LogP) is 3.17. The molecule has 2 aromatic rings. The second-order valence-corrected chi connectivity index (χ2v) is 9.56. The highest BCUT2D eigenvalue weighted by atomic mass is 16.6. The fraction of sp³-hybridized carbons (Fsp3) is 0.462. The lowest BCUT2D eigenvalue weighted by molar-refractivity contribution is -0.156. The molecular formula is C26H34N2O6. The van der Waals surface area contributed by atoms with Gasteiger partial charge in [0.05, 0.1) is 12.5 Å². The number of carbonyl (C=O) groups excluding carboxylic acids is 4. The third-order valence-electron chi connectivity index (χ3n) is 4.77. The molecule has 0 unspecified atom stereocenters. The lowest BCUT2D eigenvalue weighted by atomic mass is 10.0. The Morgan fingerprint density at radius 2 is 1.68 bits per heavy atom. The summed E-state index contributed by atoms with van der Waals surface area (Å²) >= 11 is 0. The topological polar surface area (TPSA) is 111 Å². The van der Waals surface area contributed by atoms with Gasteiger partial charge in [0.1, 0.15) is 23.7 Å². The fourth-order valence-corrected chi connectivity index (χ4v) is 3.38. The van der Waals surface area contributed by atoms with E-state index in [0.29, 0.717) is 18.5 Å². The lowest BCUT2D eigenvalue weighted by Gasteiger charge is -2.23. The molecule has 0 aliphatic carbocycles. The van der Waals surface area contributed by atoms with E-state index in [1.807, 2.05) is 50.2 Å². The zero-order valence-electron chi connectivity index (χ0n) is 20.4. The van der Waals surface area contributed by atoms with Gasteiger partial charge in [0, 0.05) is 5.39 Å². The molecule has 0 radical (unpaired) electrons. The summed E-state index contributed by atoms with van der Waals surface area (Å²) in [5.74, 6) is -0.957. The van der Waals surface area contributed by atoms with Gasteiger partial charge >= 0.3 is 5.97 Å². The van der Waals surface area contributed by atoms with E-state index < -0.39 is 35.5 Å². The number of aldehydes is 1. The van der Waals surface area contributed by atoms with Crippen LogP contribution in [0.2, 0.25) is 0 Å². The molecule has 0 saturated heterocycles. The Morgan fingerprint density at radius 1 is 1.00 bits per heavy atom. The third-order valence-corrected chi connectivity index (χ3v) is 4.77. The van der Waals surface area contributed by atoms with Crippen LogP contribution in [0.4, 0.5) is 0 Å². The van der Waals surface area contributed by atoms with Crippen molar-refractivity contribution in [2.75, 3.05) is 6.61 Å². The molecule has 0 bridgehead atoms. The van der Waals surface area contributed by atoms with Crippen LogP contribution < -0.4 is 15.4 Å². The number of fused-ring (bicyclic) bond motifs is 1. The van der Waals surface area contributed by atoms with Crippen LogP contribution in [0.15, 0.2) is 42.5 Å². The summed E-state index contributed by atoms with van der Waals surface area (Å²) in [7, 11) is 0. The molecule has 0 saturated carbocycles. The molecule has 8 heteroatoms. The standard InChI is InChI=1S/C26H34N2O6/c1-17(2)13-21(25(32)27-19(15-29)14-24(31)34-26(3,4)5)28-23(30)16-33-22-12-8-10-18-9-6-7-11-20(18)22/h6-12,15,17,19,21H,13-14,16H2,1-5H3,(H,27,32)(H,28,30)/t19-,21-/m0/s1. The summed E-state index contributed by atoms with van der Waals surface area (Å²) < 4.78 is 10.9. The van der Waals surface area contributed by atoms with E-state index in [2.05, 4.69) is 10.6 Å². The van der Waals surface area contributed by atoms with Crippen molar-refractivity contribution < 1.29 is 28.7 Å². The molecule has 2 atom stereocenters. The Bertz CT molecular complexity index is 1010. The van der Waals surface area contributed by atoms with E-state index in [9.17, 15) is 19.2 Å². The number of amides is 2. The number of hydrogen-bond donors (Lipinski definition) is 2. The second kappa shape index (κ2) is 12.2. The van der Waals surface area contributed by atoms with Crippen LogP contribution in [0.25, 0.3) is 10.8 Å². The molecule has 2 N–H and O–H groups in total. The molecule has 0 aliphatic rings. The van der Waals surface area contributed by atoms with Crippen LogP contribution in [0.5, 0.6) is 5.75 Å². The van der Waals surface area contributed by atoms with Gasteiger partial charge in [0.25, 0.3) is 5.91 Å². The van der Waals surface area contributed by atoms with Crippen LogP contribution in [0, 0.1) is 5.92 Å². The summed E-state index contributed by atoms with van der Waals surface area (Å²) in [6, 6.07) is 11.3. The second-order valence-electron chi connectivity index (χ2n) is 9.56. The van der Waals surface area contributed by atoms with Gasteiger partial charge < -0.3 is 24.9 Å². The summed E-state index contributed by atoms with van der Waals surface area (Å²) in [6.07, 6.45) is 0.544. The van der Waals surface area contributed by atoms with Crippen molar-refractivity contribution in [3.8, 4) is 5.75 Å². The van der Waals surface area contributed by atoms with Crippen molar-refractivity contribution in [1.82, 2.24) is 10.6 Å². The smallest absolute Gasteiger partial charge is 0.308 e. The third kappa shape index (κ3) is 8.84. The van der Waals surface area contributed by atoms with Gasteiger partial charge in [-0.05, 0) is 44.6 Å². The molecule has 34 heavy (non-hydrogen) atoms. The summed E-state index contributed by atoms with van der Waals surface area (Å²) in [5, 5.41) is 7.08. The highest BCUT2D eigenvalue weighted by Gasteiger charge is 2.27. The van der Waals surface area contributed by atoms with Crippen molar-refractivity contribution in [3.63, 3.8) is 0 Å². The Morgan fingerprint density at radius 3 is 2.32 bits per heavy atom. The molecular weight excluding hydrogens is 436 g/mol. The first-order valence-corrected chi connectivity index (χ1v) is 11.4. The minimum Gasteiger partial charge on any atom is -0.483 e. The van der Waals surface area contributed by atoms with E-state index in [-0.39, 0.29) is 18.9 Å². The quantitative estimate of drug-likeness (QED) is 0.386. The molecule has 0 spiro atoms. The van der Waals surface area contributed by atoms with Gasteiger partial charge in [-0.25, -0.2) is 0 Å². The maximum Gasteiger partial charge on any atom is 0.308 e. The number of hydrogen-bond acceptors (Lipinski definition) is 6. The van der Waals surface area contributed by atoms with Gasteiger partial charge in [-0.15, -0.1) is 0 Å². The van der Waals surface area contributed by atoms with Crippen LogP contribution in [0.1, 0.15) is 47.5 Å². The highest BCUT2D eigenvalue weighted by Crippen LogP contribution is 2.25. The summed E-state index contributed by atoms with van der Waals surface area (Å²) in [4.78, 5) is 48.9. The maximum absolute atomic E-state index is 12.8. The van der Waals surface area contributed by atoms with E-state index in [0.717, 1.165) is 10.8 Å². The van der Waals surface area contributed by atoms with Crippen molar-refractivity contribution in [2.45, 2.75) is 65.1 Å². The summed E-state index contributed by atoms with van der Waals surface area (Å²) in [6.45, 7) is 8.70. The van der Waals surface area contributed by atoms with Gasteiger partial charge in [-0.1, -0.05) is 50.2 Å². The zero-order valence-corrected chi connectivity index (χ0v) is 20.4. The molecule has 0 fully saturated rings. The van der Waals surface area contributed by atoms with E-state index in [4.69, 9.17) is 9.47 Å². The molecule has 0 aromatic heterocycles. The first-order valence-electron chi connectivity index (χ1n) is 11.4. The van der Waals surface area contributed by atoms with Crippen LogP contribution in [0.3, 0.4) is 0 Å². The number of carbonyl (C=O) groups is 4. The first kappa shape index (κ1) is 26.8. The first-order chi connectivity index (χ1) is 16.0. The van der Waals surface area contributed by atoms with Crippen molar-refractivity contribution >= 4 is 34.8 Å². The zero-order chi connectivity index (χ0) is 25.3. The molecule has 2 amide bonds. The minimum atomic E-state index is -1.05. The molecule has 0 aliphatic heterocycles. The molecule has 2 rings (SSSR count). The number of esters is 1. The van der Waals surface area contributed by atoms with E-state index >= 15 is 0 Å². The average molecular weight is 471 g/mol. The van der Waals surface area contributed by atoms with Crippen molar-refractivity contribution in [1.29, 1.82) is 0 Å². The average Bonchev–Trinajstić information content (AvgIpc) is 2.75. The van der Waals surface area contributed by atoms with E-state index in [1.54, 1.807) is 26.8 Å². The Hall–Kier alpha value is -3.42. The number of ether oxygens (including phenoxy) is 2. The normalized spacial score (nSPS) is 13.1. The lowest BCUT2D eigenvalue weighted by Crippen LogP contribution is -2.52. The van der Waals surface area contributed by atoms with E-state index in [1.165, 1.54) is 0 Å². The Balaban J connectivity index is 1.99. The van der Waals surface area contributed by atoms with Gasteiger partial charge in [0.2, 0.25) is 5.91 Å². The fourth-order valence-electron chi connectivity index (χ4n) is 3.38. The highest BCUT2D eigenvalue weighted by molar-refractivity contribution is 5.91. The molecule has 8 nitrogen and oxygen atoms in total. The van der Waals surface area contributed by atoms with Gasteiger partial charge in [-0.2, -0.15) is 0 Å². The van der Waals surface area contributed by atoms with Crippen molar-refractivity contribution in [2.24, 2.45) is 5.92 Å². The largest absolute Gasteiger partial charge is 0.483 e. The van der Waals surface area contributed by atoms with Crippen molar-refractivity contribution in [3.05, 3.63) is 42.5 Å². The van der Waals surface area contributed by atoms with Crippen LogP contribution in [-0.4, -0.2) is 48.4 Å². The van der Waals surface area contributed by atoms with Gasteiger partial charge in [-0.3, -0.25) is 14.4 Å². The Kier molecular flexibility index (Phi) is 9.59. The van der Waals surface area contributed by atoms with Crippen LogP contribution >= 0.6 is 0 Å². The van der Waals surface area contributed by atoms with Crippen LogP contribution in [-0.2, 0) is 23.9 Å².